The molecule has 2 N–H and O–H groups in total. The highest BCUT2D eigenvalue weighted by Gasteiger charge is 2.12. The molecule has 4 aromatic rings. The largest absolute Gasteiger partial charge is 0.507 e. The Bertz CT molecular complexity index is 1330. The van der Waals surface area contributed by atoms with E-state index < -0.39 is 5.97 Å². The minimum absolute atomic E-state index is 0.0251. The predicted molar refractivity (Wildman–Crippen MR) is 144 cm³/mol. The number of rotatable bonds is 10. The molecular formula is C30H30N2O6. The molecule has 0 fully saturated rings. The molecule has 0 spiro atoms. The molecule has 8 nitrogen and oxygen atoms in total. The molecule has 0 saturated heterocycles. The second kappa shape index (κ2) is 11.6. The fraction of sp³-hybridized carbons (Fsp3) is 0.233. The van der Waals surface area contributed by atoms with E-state index in [1.807, 2.05) is 70.2 Å². The Morgan fingerprint density at radius 2 is 1.32 bits per heavy atom. The van der Waals surface area contributed by atoms with Crippen molar-refractivity contribution in [2.75, 3.05) is 0 Å². The van der Waals surface area contributed by atoms with Crippen LogP contribution in [0.1, 0.15) is 43.6 Å². The van der Waals surface area contributed by atoms with Crippen molar-refractivity contribution >= 4 is 5.97 Å². The van der Waals surface area contributed by atoms with Crippen molar-refractivity contribution in [1.82, 2.24) is 9.97 Å². The molecule has 0 bridgehead atoms. The van der Waals surface area contributed by atoms with Crippen LogP contribution in [-0.2, 0) is 6.61 Å². The number of hydrogen-bond acceptors (Lipinski definition) is 7. The van der Waals surface area contributed by atoms with E-state index in [-0.39, 0.29) is 30.1 Å². The lowest BCUT2D eigenvalue weighted by Crippen LogP contribution is -2.06. The van der Waals surface area contributed by atoms with E-state index in [9.17, 15) is 15.0 Å². The number of aromatic nitrogens is 2. The number of aromatic carboxylic acids is 1. The molecule has 0 aliphatic carbocycles. The number of carboxylic acids is 1. The summed E-state index contributed by atoms with van der Waals surface area (Å²) in [6.07, 6.45) is 3.57. The van der Waals surface area contributed by atoms with Crippen LogP contribution in [0, 0.1) is 0 Å². The zero-order chi connectivity index (χ0) is 27.2. The van der Waals surface area contributed by atoms with E-state index in [0.29, 0.717) is 17.5 Å². The first-order valence-corrected chi connectivity index (χ1v) is 12.3. The van der Waals surface area contributed by atoms with E-state index >= 15 is 0 Å². The van der Waals surface area contributed by atoms with Crippen LogP contribution < -0.4 is 14.2 Å². The van der Waals surface area contributed by atoms with Gasteiger partial charge in [0.1, 0.15) is 23.7 Å². The lowest BCUT2D eigenvalue weighted by molar-refractivity contribution is 0.0693. The maximum Gasteiger partial charge on any atom is 0.339 e. The first-order valence-electron chi connectivity index (χ1n) is 12.3. The zero-order valence-electron chi connectivity index (χ0n) is 21.7. The third kappa shape index (κ3) is 6.79. The summed E-state index contributed by atoms with van der Waals surface area (Å²) < 4.78 is 17.2. The zero-order valence-corrected chi connectivity index (χ0v) is 21.7. The van der Waals surface area contributed by atoms with Gasteiger partial charge in [-0.3, -0.25) is 0 Å². The van der Waals surface area contributed by atoms with Crippen LogP contribution in [0.5, 0.6) is 23.3 Å². The lowest BCUT2D eigenvalue weighted by Gasteiger charge is -2.14. The van der Waals surface area contributed by atoms with Crippen molar-refractivity contribution in [1.29, 1.82) is 0 Å². The third-order valence-corrected chi connectivity index (χ3v) is 5.45. The average molecular weight is 515 g/mol. The second-order valence-electron chi connectivity index (χ2n) is 9.29. The van der Waals surface area contributed by atoms with Crippen molar-refractivity contribution < 1.29 is 29.2 Å². The van der Waals surface area contributed by atoms with Gasteiger partial charge in [-0.1, -0.05) is 0 Å². The van der Waals surface area contributed by atoms with Crippen LogP contribution in [0.2, 0.25) is 0 Å². The molecule has 2 heterocycles. The van der Waals surface area contributed by atoms with Gasteiger partial charge in [-0.05, 0) is 92.9 Å². The normalized spacial score (nSPS) is 11.0. The summed E-state index contributed by atoms with van der Waals surface area (Å²) in [5, 5.41) is 19.1. The highest BCUT2D eigenvalue weighted by Crippen LogP contribution is 2.30. The van der Waals surface area contributed by atoms with Crippen molar-refractivity contribution in [2.24, 2.45) is 0 Å². The number of hydrogen-bond donors (Lipinski definition) is 2. The van der Waals surface area contributed by atoms with Crippen molar-refractivity contribution in [2.45, 2.75) is 46.5 Å². The molecule has 2 aromatic carbocycles. The van der Waals surface area contributed by atoms with Gasteiger partial charge in [0.05, 0.1) is 12.2 Å². The Labute approximate surface area is 221 Å². The molecule has 8 heteroatoms. The molecule has 0 aliphatic heterocycles. The monoisotopic (exact) mass is 514 g/mol. The first-order chi connectivity index (χ1) is 18.2. The smallest absolute Gasteiger partial charge is 0.339 e. The predicted octanol–water partition coefficient (Wildman–Crippen LogP) is 6.37. The molecule has 0 radical (unpaired) electrons. The molecule has 0 atom stereocenters. The summed E-state index contributed by atoms with van der Waals surface area (Å²) >= 11 is 0. The van der Waals surface area contributed by atoms with Gasteiger partial charge in [0, 0.05) is 35.7 Å². The number of phenols is 1. The Hall–Kier alpha value is -4.59. The van der Waals surface area contributed by atoms with Crippen LogP contribution in [-0.4, -0.2) is 38.4 Å². The lowest BCUT2D eigenvalue weighted by atomic mass is 9.98. The summed E-state index contributed by atoms with van der Waals surface area (Å²) in [6.45, 7) is 7.97. The molecular weight excluding hydrogens is 484 g/mol. The molecule has 2 aromatic heterocycles. The number of nitrogens with zero attached hydrogens (tertiary/aromatic N) is 2. The highest BCUT2D eigenvalue weighted by atomic mass is 16.5. The van der Waals surface area contributed by atoms with E-state index in [1.54, 1.807) is 12.4 Å². The average Bonchev–Trinajstić information content (AvgIpc) is 2.88. The topological polar surface area (TPSA) is 111 Å². The fourth-order valence-electron chi connectivity index (χ4n) is 3.78. The van der Waals surface area contributed by atoms with Gasteiger partial charge in [0.15, 0.2) is 0 Å². The third-order valence-electron chi connectivity index (χ3n) is 5.45. The van der Waals surface area contributed by atoms with Gasteiger partial charge < -0.3 is 24.4 Å². The minimum atomic E-state index is -1.23. The molecule has 0 saturated carbocycles. The van der Waals surface area contributed by atoms with Gasteiger partial charge in [0.25, 0.3) is 0 Å². The van der Waals surface area contributed by atoms with Gasteiger partial charge in [-0.25, -0.2) is 14.8 Å². The number of pyridine rings is 2. The Balaban J connectivity index is 1.66. The number of carbonyl (C=O) groups is 1. The van der Waals surface area contributed by atoms with Crippen molar-refractivity contribution in [3.05, 3.63) is 84.2 Å². The van der Waals surface area contributed by atoms with Gasteiger partial charge in [-0.2, -0.15) is 0 Å². The molecule has 0 amide bonds. The number of aromatic hydroxyl groups is 1. The van der Waals surface area contributed by atoms with E-state index in [1.165, 1.54) is 18.2 Å². The Morgan fingerprint density at radius 1 is 0.763 bits per heavy atom. The van der Waals surface area contributed by atoms with Crippen LogP contribution in [0.15, 0.2) is 73.1 Å². The van der Waals surface area contributed by atoms with Crippen LogP contribution >= 0.6 is 0 Å². The molecule has 0 aliphatic rings. The van der Waals surface area contributed by atoms with Crippen LogP contribution in [0.3, 0.4) is 0 Å². The summed E-state index contributed by atoms with van der Waals surface area (Å²) in [5.74, 6) is -0.110. The fourth-order valence-corrected chi connectivity index (χ4v) is 3.78. The highest BCUT2D eigenvalue weighted by molar-refractivity contribution is 5.91. The van der Waals surface area contributed by atoms with Crippen LogP contribution in [0.4, 0.5) is 0 Å². The second-order valence-corrected chi connectivity index (χ2v) is 9.29. The first kappa shape index (κ1) is 26.5. The molecule has 0 unspecified atom stereocenters. The Kier molecular flexibility index (Phi) is 8.11. The number of benzene rings is 2. The number of carboxylic acid groups (broad SMARTS) is 1. The summed E-state index contributed by atoms with van der Waals surface area (Å²) in [5.41, 5.74) is 4.27. The van der Waals surface area contributed by atoms with E-state index in [0.717, 1.165) is 27.8 Å². The minimum Gasteiger partial charge on any atom is -0.507 e. The van der Waals surface area contributed by atoms with Crippen molar-refractivity contribution in [3.63, 3.8) is 0 Å². The molecule has 196 valence electrons. The SMILES string of the molecule is CC(C)Oc1ccc(-c2cc(COc3ccc(O)c(C(=O)O)c3)cc(-c3ccc(OC(C)C)nc3)c2)cn1. The number of ether oxygens (including phenoxy) is 3. The maximum absolute atomic E-state index is 11.4. The van der Waals surface area contributed by atoms with Gasteiger partial charge >= 0.3 is 5.97 Å². The van der Waals surface area contributed by atoms with E-state index in [2.05, 4.69) is 9.97 Å². The Morgan fingerprint density at radius 3 is 1.76 bits per heavy atom. The molecule has 4 rings (SSSR count). The summed E-state index contributed by atoms with van der Waals surface area (Å²) in [4.78, 5) is 20.2. The summed E-state index contributed by atoms with van der Waals surface area (Å²) in [7, 11) is 0. The standard InChI is InChI=1S/C30H30N2O6/c1-18(2)37-28-9-5-21(15-31-28)23-11-20(17-36-25-7-8-27(33)26(14-25)30(34)35)12-24(13-23)22-6-10-29(32-16-22)38-19(3)4/h5-16,18-19,33H,17H2,1-4H3,(H,34,35). The van der Waals surface area contributed by atoms with E-state index in [4.69, 9.17) is 14.2 Å². The quantitative estimate of drug-likeness (QED) is 0.251. The molecule has 38 heavy (non-hydrogen) atoms. The van der Waals surface area contributed by atoms with Gasteiger partial charge in [-0.15, -0.1) is 0 Å². The van der Waals surface area contributed by atoms with Gasteiger partial charge in [0.2, 0.25) is 11.8 Å². The van der Waals surface area contributed by atoms with Crippen LogP contribution in [0.25, 0.3) is 22.3 Å². The maximum atomic E-state index is 11.4. The van der Waals surface area contributed by atoms with Crippen molar-refractivity contribution in [3.8, 4) is 45.5 Å². The summed E-state index contributed by atoms with van der Waals surface area (Å²) in [6, 6.07) is 17.7.